The van der Waals surface area contributed by atoms with Crippen LogP contribution in [0.15, 0.2) is 12.1 Å². The Labute approximate surface area is 173 Å². The summed E-state index contributed by atoms with van der Waals surface area (Å²) >= 11 is 0. The molecule has 0 aliphatic rings. The molecule has 4 heteroatoms. The van der Waals surface area contributed by atoms with Gasteiger partial charge >= 0.3 is 0 Å². The molecule has 0 aliphatic heterocycles. The van der Waals surface area contributed by atoms with E-state index in [4.69, 9.17) is 17.2 Å². The first-order chi connectivity index (χ1) is 13.3. The first-order valence-corrected chi connectivity index (χ1v) is 11.3. The Morgan fingerprint density at radius 2 is 0.893 bits per heavy atom. The lowest BCUT2D eigenvalue weighted by Gasteiger charge is -2.40. The van der Waals surface area contributed by atoms with Crippen molar-refractivity contribution in [2.75, 3.05) is 19.6 Å². The minimum atomic E-state index is -0.238. The highest BCUT2D eigenvalue weighted by atomic mass is 16.3. The van der Waals surface area contributed by atoms with Crippen molar-refractivity contribution in [3.63, 3.8) is 0 Å². The number of benzene rings is 1. The van der Waals surface area contributed by atoms with E-state index in [1.165, 1.54) is 5.56 Å². The first kappa shape index (κ1) is 24.9. The van der Waals surface area contributed by atoms with E-state index in [1.54, 1.807) is 0 Å². The van der Waals surface area contributed by atoms with Crippen molar-refractivity contribution in [2.24, 2.45) is 17.2 Å². The second-order valence-corrected chi connectivity index (χ2v) is 8.49. The van der Waals surface area contributed by atoms with E-state index < -0.39 is 0 Å². The number of hydrogen-bond donors (Lipinski definition) is 4. The van der Waals surface area contributed by atoms with Gasteiger partial charge in [0.1, 0.15) is 5.75 Å². The summed E-state index contributed by atoms with van der Waals surface area (Å²) in [5.74, 6) is 0.394. The summed E-state index contributed by atoms with van der Waals surface area (Å²) in [7, 11) is 0. The maximum atomic E-state index is 11.5. The van der Waals surface area contributed by atoms with Crippen LogP contribution in [0.4, 0.5) is 0 Å². The van der Waals surface area contributed by atoms with E-state index in [0.717, 1.165) is 49.7 Å². The second-order valence-electron chi connectivity index (χ2n) is 8.49. The van der Waals surface area contributed by atoms with Gasteiger partial charge in [-0.25, -0.2) is 0 Å². The molecule has 4 nitrogen and oxygen atoms in total. The van der Waals surface area contributed by atoms with Crippen molar-refractivity contribution in [1.82, 2.24) is 0 Å². The molecule has 0 aliphatic carbocycles. The van der Waals surface area contributed by atoms with Gasteiger partial charge in [0.05, 0.1) is 0 Å². The van der Waals surface area contributed by atoms with Gasteiger partial charge in [-0.2, -0.15) is 0 Å². The SMILES string of the molecule is CCC(CC)(CN)c1cc(C(CC)(CC)CN)c(O)c(C(CC)(CC)CN)c1. The monoisotopic (exact) mass is 391 g/mol. The maximum Gasteiger partial charge on any atom is 0.123 e. The van der Waals surface area contributed by atoms with Gasteiger partial charge < -0.3 is 22.3 Å². The Bertz CT molecular complexity index is 548. The average molecular weight is 392 g/mol. The highest BCUT2D eigenvalue weighted by molar-refractivity contribution is 5.53. The van der Waals surface area contributed by atoms with Crippen LogP contribution < -0.4 is 17.2 Å². The molecular formula is C24H45N3O. The number of aromatic hydroxyl groups is 1. The molecular weight excluding hydrogens is 346 g/mol. The maximum absolute atomic E-state index is 11.5. The quantitative estimate of drug-likeness (QED) is 0.423. The van der Waals surface area contributed by atoms with Gasteiger partial charge in [-0.05, 0) is 44.1 Å². The molecule has 0 fully saturated rings. The van der Waals surface area contributed by atoms with E-state index >= 15 is 0 Å². The van der Waals surface area contributed by atoms with Crippen LogP contribution in [0.25, 0.3) is 0 Å². The van der Waals surface area contributed by atoms with Crippen LogP contribution in [0.3, 0.4) is 0 Å². The molecule has 1 aromatic carbocycles. The molecule has 0 saturated carbocycles. The van der Waals surface area contributed by atoms with Crippen LogP contribution in [-0.4, -0.2) is 24.7 Å². The molecule has 0 heterocycles. The first-order valence-electron chi connectivity index (χ1n) is 11.3. The summed E-state index contributed by atoms with van der Waals surface area (Å²) < 4.78 is 0. The van der Waals surface area contributed by atoms with Gasteiger partial charge in [-0.3, -0.25) is 0 Å². The molecule has 162 valence electrons. The Kier molecular flexibility index (Phi) is 8.98. The molecule has 0 spiro atoms. The Balaban J connectivity index is 4.03. The zero-order chi connectivity index (χ0) is 21.6. The van der Waals surface area contributed by atoms with Gasteiger partial charge in [0.15, 0.2) is 0 Å². The van der Waals surface area contributed by atoms with Crippen molar-refractivity contribution in [3.05, 3.63) is 28.8 Å². The molecule has 0 bridgehead atoms. The van der Waals surface area contributed by atoms with Crippen molar-refractivity contribution < 1.29 is 5.11 Å². The van der Waals surface area contributed by atoms with Crippen LogP contribution in [-0.2, 0) is 16.2 Å². The highest BCUT2D eigenvalue weighted by Gasteiger charge is 2.39. The van der Waals surface area contributed by atoms with Crippen molar-refractivity contribution >= 4 is 0 Å². The molecule has 0 unspecified atom stereocenters. The third kappa shape index (κ3) is 3.96. The van der Waals surface area contributed by atoms with Gasteiger partial charge in [-0.15, -0.1) is 0 Å². The lowest BCUT2D eigenvalue weighted by atomic mass is 9.66. The van der Waals surface area contributed by atoms with Gasteiger partial charge in [0.25, 0.3) is 0 Å². The van der Waals surface area contributed by atoms with Gasteiger partial charge in [0, 0.05) is 47.0 Å². The smallest absolute Gasteiger partial charge is 0.123 e. The predicted molar refractivity (Wildman–Crippen MR) is 122 cm³/mol. The standard InChI is InChI=1S/C24H45N3O/c1-7-22(8-2,15-25)18-13-19(23(9-3,10-4)16-26)21(28)20(14-18)24(11-5,12-6)17-27/h13-14,28H,7-12,15-17,25-27H2,1-6H3. The van der Waals surface area contributed by atoms with Gasteiger partial charge in [-0.1, -0.05) is 53.7 Å². The van der Waals surface area contributed by atoms with Crippen molar-refractivity contribution in [1.29, 1.82) is 0 Å². The number of phenols is 1. The molecule has 1 aromatic rings. The topological polar surface area (TPSA) is 98.3 Å². The van der Waals surface area contributed by atoms with Gasteiger partial charge in [0.2, 0.25) is 0 Å². The number of rotatable bonds is 12. The molecule has 7 N–H and O–H groups in total. The Morgan fingerprint density at radius 1 is 0.607 bits per heavy atom. The molecule has 0 amide bonds. The van der Waals surface area contributed by atoms with E-state index in [9.17, 15) is 5.11 Å². The molecule has 28 heavy (non-hydrogen) atoms. The molecule has 0 saturated heterocycles. The fourth-order valence-corrected chi connectivity index (χ4v) is 4.87. The summed E-state index contributed by atoms with van der Waals surface area (Å²) in [6, 6.07) is 4.40. The molecule has 0 atom stereocenters. The van der Waals surface area contributed by atoms with E-state index in [2.05, 4.69) is 53.7 Å². The highest BCUT2D eigenvalue weighted by Crippen LogP contribution is 2.47. The summed E-state index contributed by atoms with van der Waals surface area (Å²) in [4.78, 5) is 0. The lowest BCUT2D eigenvalue weighted by molar-refractivity contribution is 0.343. The summed E-state index contributed by atoms with van der Waals surface area (Å²) in [5.41, 5.74) is 21.5. The van der Waals surface area contributed by atoms with Crippen molar-refractivity contribution in [3.8, 4) is 5.75 Å². The van der Waals surface area contributed by atoms with Crippen LogP contribution in [0.5, 0.6) is 5.75 Å². The van der Waals surface area contributed by atoms with Crippen LogP contribution >= 0.6 is 0 Å². The average Bonchev–Trinajstić information content (AvgIpc) is 2.75. The number of phenolic OH excluding ortho intramolecular Hbond substituents is 1. The normalized spacial score (nSPS) is 13.2. The molecule has 1 rings (SSSR count). The minimum Gasteiger partial charge on any atom is -0.507 e. The van der Waals surface area contributed by atoms with E-state index in [-0.39, 0.29) is 16.2 Å². The minimum absolute atomic E-state index is 0.0964. The second kappa shape index (κ2) is 10.1. The van der Waals surface area contributed by atoms with E-state index in [0.29, 0.717) is 25.4 Å². The third-order valence-electron chi connectivity index (χ3n) is 8.10. The fourth-order valence-electron chi connectivity index (χ4n) is 4.87. The lowest BCUT2D eigenvalue weighted by Crippen LogP contribution is -2.39. The summed E-state index contributed by atoms with van der Waals surface area (Å²) in [6.07, 6.45) is 5.48. The van der Waals surface area contributed by atoms with Crippen LogP contribution in [0.2, 0.25) is 0 Å². The van der Waals surface area contributed by atoms with Crippen LogP contribution in [0.1, 0.15) is 96.8 Å². The predicted octanol–water partition coefficient (Wildman–Crippen LogP) is 4.44. The van der Waals surface area contributed by atoms with Crippen molar-refractivity contribution in [2.45, 2.75) is 96.3 Å². The number of nitrogens with two attached hydrogens (primary N) is 3. The fraction of sp³-hybridized carbons (Fsp3) is 0.750. The van der Waals surface area contributed by atoms with Crippen LogP contribution in [0, 0.1) is 0 Å². The zero-order valence-electron chi connectivity index (χ0n) is 19.2. The Morgan fingerprint density at radius 3 is 1.11 bits per heavy atom. The third-order valence-corrected chi connectivity index (χ3v) is 8.10. The molecule has 0 aromatic heterocycles. The number of hydrogen-bond acceptors (Lipinski definition) is 4. The Hall–Kier alpha value is -1.10. The summed E-state index contributed by atoms with van der Waals surface area (Å²) in [5, 5.41) is 11.5. The molecule has 0 radical (unpaired) electrons. The summed E-state index contributed by atoms with van der Waals surface area (Å²) in [6.45, 7) is 14.7. The zero-order valence-corrected chi connectivity index (χ0v) is 19.2. The largest absolute Gasteiger partial charge is 0.507 e. The van der Waals surface area contributed by atoms with E-state index in [1.807, 2.05) is 0 Å².